The Morgan fingerprint density at radius 2 is 1.93 bits per heavy atom. The molecule has 138 valence electrons. The van der Waals surface area contributed by atoms with Gasteiger partial charge in [0.05, 0.1) is 11.2 Å². The molecule has 0 saturated carbocycles. The molecule has 1 aromatic carbocycles. The van der Waals surface area contributed by atoms with Crippen molar-refractivity contribution in [1.29, 1.82) is 0 Å². The lowest BCUT2D eigenvalue weighted by Crippen LogP contribution is -2.36. The minimum atomic E-state index is 0.0379. The maximum Gasteiger partial charge on any atom is 0.255 e. The van der Waals surface area contributed by atoms with Crippen LogP contribution in [0.5, 0.6) is 0 Å². The van der Waals surface area contributed by atoms with Gasteiger partial charge in [-0.2, -0.15) is 0 Å². The van der Waals surface area contributed by atoms with Gasteiger partial charge in [0.2, 0.25) is 5.95 Å². The third-order valence-electron chi connectivity index (χ3n) is 5.68. The Hall–Kier alpha value is -2.73. The van der Waals surface area contributed by atoms with Crippen LogP contribution in [0.1, 0.15) is 29.7 Å². The highest BCUT2D eigenvalue weighted by molar-refractivity contribution is 5.81. The van der Waals surface area contributed by atoms with Crippen LogP contribution in [0.15, 0.2) is 41.3 Å². The number of nitrogens with zero attached hydrogens (tertiary/aromatic N) is 4. The van der Waals surface area contributed by atoms with Gasteiger partial charge in [-0.1, -0.05) is 18.2 Å². The summed E-state index contributed by atoms with van der Waals surface area (Å²) in [4.78, 5) is 29.4. The van der Waals surface area contributed by atoms with E-state index in [-0.39, 0.29) is 5.56 Å². The second-order valence-electron chi connectivity index (χ2n) is 7.46. The third-order valence-corrected chi connectivity index (χ3v) is 5.68. The van der Waals surface area contributed by atoms with Gasteiger partial charge in [0.25, 0.3) is 5.56 Å². The van der Waals surface area contributed by atoms with Crippen molar-refractivity contribution in [3.8, 4) is 0 Å². The number of hydrogen-bond donors (Lipinski definition) is 1. The molecule has 2 aliphatic rings. The molecule has 6 heteroatoms. The van der Waals surface area contributed by atoms with Gasteiger partial charge >= 0.3 is 0 Å². The van der Waals surface area contributed by atoms with Gasteiger partial charge in [0, 0.05) is 49.9 Å². The van der Waals surface area contributed by atoms with E-state index in [1.165, 1.54) is 23.8 Å². The van der Waals surface area contributed by atoms with E-state index in [1.54, 1.807) is 0 Å². The molecule has 0 spiro atoms. The summed E-state index contributed by atoms with van der Waals surface area (Å²) in [7, 11) is 0. The molecule has 0 amide bonds. The first kappa shape index (κ1) is 16.4. The maximum atomic E-state index is 12.5. The summed E-state index contributed by atoms with van der Waals surface area (Å²) in [5.41, 5.74) is 4.13. The molecule has 2 aliphatic heterocycles. The predicted octanol–water partition coefficient (Wildman–Crippen LogP) is 2.48. The van der Waals surface area contributed by atoms with Crippen LogP contribution in [0.4, 0.5) is 5.95 Å². The molecular formula is C21H23N5O. The SMILES string of the molecule is O=c1[nH]c(N2CCCC2)nc2c1CCN(Cc1ccnc3ccccc13)C2. The molecule has 1 fully saturated rings. The minimum absolute atomic E-state index is 0.0379. The van der Waals surface area contributed by atoms with Crippen molar-refractivity contribution >= 4 is 16.9 Å². The number of rotatable bonds is 3. The molecule has 3 aromatic rings. The Labute approximate surface area is 157 Å². The number of H-pyrrole nitrogens is 1. The lowest BCUT2D eigenvalue weighted by Gasteiger charge is -2.29. The van der Waals surface area contributed by atoms with E-state index in [9.17, 15) is 4.79 Å². The molecular weight excluding hydrogens is 338 g/mol. The fourth-order valence-corrected chi connectivity index (χ4v) is 4.23. The topological polar surface area (TPSA) is 65.1 Å². The monoisotopic (exact) mass is 361 g/mol. The number of fused-ring (bicyclic) bond motifs is 2. The largest absolute Gasteiger partial charge is 0.342 e. The van der Waals surface area contributed by atoms with Gasteiger partial charge in [0.15, 0.2) is 0 Å². The summed E-state index contributed by atoms with van der Waals surface area (Å²) in [5.74, 6) is 0.743. The lowest BCUT2D eigenvalue weighted by atomic mass is 10.0. The summed E-state index contributed by atoms with van der Waals surface area (Å²) >= 11 is 0. The van der Waals surface area contributed by atoms with E-state index < -0.39 is 0 Å². The maximum absolute atomic E-state index is 12.5. The van der Waals surface area contributed by atoms with Crippen LogP contribution in [0.3, 0.4) is 0 Å². The van der Waals surface area contributed by atoms with E-state index in [0.29, 0.717) is 0 Å². The average molecular weight is 361 g/mol. The fourth-order valence-electron chi connectivity index (χ4n) is 4.23. The molecule has 4 heterocycles. The smallest absolute Gasteiger partial charge is 0.255 e. The highest BCUT2D eigenvalue weighted by Crippen LogP contribution is 2.23. The first-order valence-electron chi connectivity index (χ1n) is 9.70. The summed E-state index contributed by atoms with van der Waals surface area (Å²) in [5, 5.41) is 1.20. The van der Waals surface area contributed by atoms with E-state index in [0.717, 1.165) is 61.9 Å². The molecule has 5 rings (SSSR count). The van der Waals surface area contributed by atoms with Gasteiger partial charge in [-0.15, -0.1) is 0 Å². The van der Waals surface area contributed by atoms with Crippen molar-refractivity contribution in [3.63, 3.8) is 0 Å². The number of aromatic nitrogens is 3. The zero-order chi connectivity index (χ0) is 18.2. The predicted molar refractivity (Wildman–Crippen MR) is 106 cm³/mol. The van der Waals surface area contributed by atoms with Gasteiger partial charge in [-0.3, -0.25) is 19.7 Å². The first-order valence-corrected chi connectivity index (χ1v) is 9.70. The summed E-state index contributed by atoms with van der Waals surface area (Å²) in [6.07, 6.45) is 4.97. The molecule has 27 heavy (non-hydrogen) atoms. The van der Waals surface area contributed by atoms with Crippen LogP contribution >= 0.6 is 0 Å². The lowest BCUT2D eigenvalue weighted by molar-refractivity contribution is 0.241. The zero-order valence-corrected chi connectivity index (χ0v) is 15.3. The van der Waals surface area contributed by atoms with Crippen molar-refractivity contribution < 1.29 is 0 Å². The van der Waals surface area contributed by atoms with Gasteiger partial charge in [-0.25, -0.2) is 4.98 Å². The third kappa shape index (κ3) is 3.10. The number of benzene rings is 1. The Morgan fingerprint density at radius 1 is 1.07 bits per heavy atom. The normalized spacial score (nSPS) is 17.4. The van der Waals surface area contributed by atoms with Crippen molar-refractivity contribution in [2.24, 2.45) is 0 Å². The van der Waals surface area contributed by atoms with Crippen LogP contribution in [-0.2, 0) is 19.5 Å². The van der Waals surface area contributed by atoms with Gasteiger partial charge in [-0.05, 0) is 37.0 Å². The quantitative estimate of drug-likeness (QED) is 0.776. The standard InChI is InChI=1S/C21H23N5O/c27-20-17-8-12-25(13-15-7-9-22-18-6-2-1-5-16(15)18)14-19(17)23-21(24-20)26-10-3-4-11-26/h1-2,5-7,9H,3-4,8,10-14H2,(H,23,24,27). The molecule has 2 aromatic heterocycles. The van der Waals surface area contributed by atoms with E-state index in [4.69, 9.17) is 4.98 Å². The van der Waals surface area contributed by atoms with Crippen LogP contribution in [0, 0.1) is 0 Å². The highest BCUT2D eigenvalue weighted by atomic mass is 16.1. The number of nitrogens with one attached hydrogen (secondary N) is 1. The summed E-state index contributed by atoms with van der Waals surface area (Å²) in [6, 6.07) is 10.4. The highest BCUT2D eigenvalue weighted by Gasteiger charge is 2.23. The average Bonchev–Trinajstić information content (AvgIpc) is 3.23. The molecule has 1 N–H and O–H groups in total. The van der Waals surface area contributed by atoms with Crippen molar-refractivity contribution in [2.45, 2.75) is 32.4 Å². The summed E-state index contributed by atoms with van der Waals surface area (Å²) < 4.78 is 0. The van der Waals surface area contributed by atoms with Gasteiger partial charge < -0.3 is 4.90 Å². The van der Waals surface area contributed by atoms with Crippen LogP contribution < -0.4 is 10.5 Å². The molecule has 0 unspecified atom stereocenters. The number of para-hydroxylation sites is 1. The van der Waals surface area contributed by atoms with Crippen LogP contribution in [0.2, 0.25) is 0 Å². The van der Waals surface area contributed by atoms with Crippen molar-refractivity contribution in [3.05, 3.63) is 63.7 Å². The number of hydrogen-bond acceptors (Lipinski definition) is 5. The number of anilines is 1. The molecule has 0 bridgehead atoms. The van der Waals surface area contributed by atoms with E-state index in [1.807, 2.05) is 18.3 Å². The number of pyridine rings is 1. The molecule has 6 nitrogen and oxygen atoms in total. The van der Waals surface area contributed by atoms with Crippen molar-refractivity contribution in [1.82, 2.24) is 19.9 Å². The first-order chi connectivity index (χ1) is 13.3. The fraction of sp³-hybridized carbons (Fsp3) is 0.381. The summed E-state index contributed by atoms with van der Waals surface area (Å²) in [6.45, 7) is 4.40. The Kier molecular flexibility index (Phi) is 4.13. The Morgan fingerprint density at radius 3 is 2.81 bits per heavy atom. The van der Waals surface area contributed by atoms with E-state index >= 15 is 0 Å². The van der Waals surface area contributed by atoms with Crippen molar-refractivity contribution in [2.75, 3.05) is 24.5 Å². The number of aromatic amines is 1. The molecule has 1 saturated heterocycles. The molecule has 0 atom stereocenters. The van der Waals surface area contributed by atoms with Crippen LogP contribution in [0.25, 0.3) is 10.9 Å². The molecule has 0 radical (unpaired) electrons. The second kappa shape index (κ2) is 6.78. The van der Waals surface area contributed by atoms with Crippen LogP contribution in [-0.4, -0.2) is 39.5 Å². The van der Waals surface area contributed by atoms with Gasteiger partial charge in [0.1, 0.15) is 0 Å². The molecule has 0 aliphatic carbocycles. The second-order valence-corrected chi connectivity index (χ2v) is 7.46. The Bertz CT molecular complexity index is 1030. The van der Waals surface area contributed by atoms with E-state index in [2.05, 4.69) is 38.0 Å². The Balaban J connectivity index is 1.42. The minimum Gasteiger partial charge on any atom is -0.342 e. The zero-order valence-electron chi connectivity index (χ0n) is 15.3.